The van der Waals surface area contributed by atoms with Crippen LogP contribution in [0.5, 0.6) is 0 Å². The van der Waals surface area contributed by atoms with Crippen molar-refractivity contribution in [3.05, 3.63) is 36.3 Å². The third-order valence-electron chi connectivity index (χ3n) is 5.26. The van der Waals surface area contributed by atoms with Crippen LogP contribution in [0.4, 0.5) is 17.5 Å². The molecule has 31 heavy (non-hydrogen) atoms. The van der Waals surface area contributed by atoms with E-state index in [0.717, 1.165) is 69.6 Å². The minimum atomic E-state index is 0.264. The Balaban J connectivity index is 1.39. The summed E-state index contributed by atoms with van der Waals surface area (Å²) in [6.07, 6.45) is 5.74. The van der Waals surface area contributed by atoms with E-state index >= 15 is 0 Å². The molecule has 1 fully saturated rings. The average Bonchev–Trinajstić information content (AvgIpc) is 2.79. The molecule has 0 amide bonds. The Morgan fingerprint density at radius 3 is 2.74 bits per heavy atom. The number of nitrogens with zero attached hydrogens (tertiary/aromatic N) is 5. The van der Waals surface area contributed by atoms with Gasteiger partial charge in [-0.25, -0.2) is 15.0 Å². The van der Waals surface area contributed by atoms with Crippen LogP contribution in [0.1, 0.15) is 12.0 Å². The van der Waals surface area contributed by atoms with E-state index < -0.39 is 0 Å². The highest BCUT2D eigenvalue weighted by Crippen LogP contribution is 2.15. The number of methoxy groups -OCH3 is 1. The first-order valence-corrected chi connectivity index (χ1v) is 10.9. The molecule has 3 heterocycles. The van der Waals surface area contributed by atoms with Crippen molar-refractivity contribution in [3.63, 3.8) is 0 Å². The smallest absolute Gasteiger partial charge is 0.131 e. The average molecular weight is 430 g/mol. The van der Waals surface area contributed by atoms with E-state index in [0.29, 0.717) is 6.61 Å². The van der Waals surface area contributed by atoms with E-state index in [1.165, 1.54) is 5.56 Å². The van der Waals surface area contributed by atoms with Crippen LogP contribution in [0, 0.1) is 0 Å². The molecule has 9 heteroatoms. The molecule has 3 rings (SSSR count). The molecule has 1 saturated heterocycles. The van der Waals surface area contributed by atoms with E-state index in [4.69, 9.17) is 9.47 Å². The van der Waals surface area contributed by atoms with Crippen molar-refractivity contribution in [1.82, 2.24) is 19.9 Å². The Bertz CT molecular complexity index is 790. The fourth-order valence-electron chi connectivity index (χ4n) is 3.52. The molecule has 0 aliphatic carbocycles. The molecule has 2 aromatic heterocycles. The number of nitrogens with one attached hydrogen (secondary N) is 2. The second-order valence-corrected chi connectivity index (χ2v) is 7.88. The lowest BCUT2D eigenvalue weighted by Crippen LogP contribution is -2.44. The molecule has 0 saturated carbocycles. The van der Waals surface area contributed by atoms with Crippen molar-refractivity contribution in [1.29, 1.82) is 0 Å². The summed E-state index contributed by atoms with van der Waals surface area (Å²) in [7, 11) is 5.72. The second-order valence-electron chi connectivity index (χ2n) is 7.88. The molecular formula is C22H35N7O2. The van der Waals surface area contributed by atoms with Gasteiger partial charge >= 0.3 is 0 Å². The van der Waals surface area contributed by atoms with Crippen LogP contribution in [0.2, 0.25) is 0 Å². The number of rotatable bonds is 12. The molecule has 1 atom stereocenters. The molecule has 2 aromatic rings. The van der Waals surface area contributed by atoms with Crippen LogP contribution >= 0.6 is 0 Å². The number of hydrogen-bond acceptors (Lipinski definition) is 9. The fraction of sp³-hybridized carbons (Fsp3) is 0.591. The molecule has 0 aromatic carbocycles. The zero-order chi connectivity index (χ0) is 21.9. The Kier molecular flexibility index (Phi) is 9.26. The zero-order valence-electron chi connectivity index (χ0n) is 18.9. The predicted molar refractivity (Wildman–Crippen MR) is 124 cm³/mol. The number of aryl methyl sites for hydroxylation is 1. The van der Waals surface area contributed by atoms with Crippen molar-refractivity contribution >= 4 is 17.5 Å². The van der Waals surface area contributed by atoms with Gasteiger partial charge in [0, 0.05) is 66.2 Å². The first kappa shape index (κ1) is 23.2. The molecule has 1 unspecified atom stereocenters. The number of pyridine rings is 1. The third kappa shape index (κ3) is 7.93. The van der Waals surface area contributed by atoms with Gasteiger partial charge in [-0.05, 0) is 30.5 Å². The number of morpholine rings is 1. The zero-order valence-corrected chi connectivity index (χ0v) is 18.9. The van der Waals surface area contributed by atoms with Gasteiger partial charge in [-0.2, -0.15) is 0 Å². The highest BCUT2D eigenvalue weighted by Gasteiger charge is 2.20. The van der Waals surface area contributed by atoms with Gasteiger partial charge < -0.3 is 25.0 Å². The lowest BCUT2D eigenvalue weighted by atomic mass is 10.1. The monoisotopic (exact) mass is 429 g/mol. The largest absolute Gasteiger partial charge is 0.383 e. The molecule has 1 aliphatic rings. The van der Waals surface area contributed by atoms with Crippen LogP contribution < -0.4 is 15.5 Å². The number of ether oxygens (including phenoxy) is 2. The summed E-state index contributed by atoms with van der Waals surface area (Å²) in [6.45, 7) is 5.85. The van der Waals surface area contributed by atoms with E-state index in [1.54, 1.807) is 13.4 Å². The van der Waals surface area contributed by atoms with Crippen molar-refractivity contribution < 1.29 is 9.47 Å². The topological polar surface area (TPSA) is 87.7 Å². The van der Waals surface area contributed by atoms with Gasteiger partial charge in [-0.15, -0.1) is 0 Å². The number of aromatic nitrogens is 3. The fourth-order valence-corrected chi connectivity index (χ4v) is 3.52. The summed E-state index contributed by atoms with van der Waals surface area (Å²) in [5.74, 6) is 2.63. The SMILES string of the molecule is COCCNc1cc(NCCN2CCOC(CCc3ccnc(N(C)C)c3)C2)ncn1. The summed E-state index contributed by atoms with van der Waals surface area (Å²) >= 11 is 0. The van der Waals surface area contributed by atoms with Crippen molar-refractivity contribution in [3.8, 4) is 0 Å². The minimum Gasteiger partial charge on any atom is -0.383 e. The van der Waals surface area contributed by atoms with Gasteiger partial charge in [0.05, 0.1) is 19.3 Å². The standard InChI is InChI=1S/C22H35N7O2/c1-28(2)22-14-18(6-7-25-22)4-5-19-16-29(11-13-31-19)10-8-23-20-15-21(27-17-26-20)24-9-12-30-3/h6-7,14-15,17,19H,4-5,8-13,16H2,1-3H3,(H2,23,24,26,27). The Morgan fingerprint density at radius 1 is 1.16 bits per heavy atom. The van der Waals surface area contributed by atoms with Crippen molar-refractivity contribution in [2.75, 3.05) is 82.7 Å². The quantitative estimate of drug-likeness (QED) is 0.490. The van der Waals surface area contributed by atoms with Crippen LogP contribution in [-0.2, 0) is 15.9 Å². The Hall–Kier alpha value is -2.49. The van der Waals surface area contributed by atoms with Gasteiger partial charge in [-0.1, -0.05) is 0 Å². The molecule has 2 N–H and O–H groups in total. The first-order chi connectivity index (χ1) is 15.1. The van der Waals surface area contributed by atoms with Crippen LogP contribution in [0.25, 0.3) is 0 Å². The summed E-state index contributed by atoms with van der Waals surface area (Å²) in [5, 5.41) is 6.61. The summed E-state index contributed by atoms with van der Waals surface area (Å²) in [4.78, 5) is 17.4. The Morgan fingerprint density at radius 2 is 1.97 bits per heavy atom. The normalized spacial score (nSPS) is 16.8. The van der Waals surface area contributed by atoms with Gasteiger partial charge in [0.2, 0.25) is 0 Å². The van der Waals surface area contributed by atoms with Crippen LogP contribution in [0.3, 0.4) is 0 Å². The minimum absolute atomic E-state index is 0.264. The van der Waals surface area contributed by atoms with E-state index in [-0.39, 0.29) is 6.10 Å². The van der Waals surface area contributed by atoms with Crippen LogP contribution in [0.15, 0.2) is 30.7 Å². The van der Waals surface area contributed by atoms with E-state index in [1.807, 2.05) is 31.3 Å². The molecule has 9 nitrogen and oxygen atoms in total. The molecule has 0 spiro atoms. The first-order valence-electron chi connectivity index (χ1n) is 10.9. The van der Waals surface area contributed by atoms with Crippen molar-refractivity contribution in [2.45, 2.75) is 18.9 Å². The molecule has 0 bridgehead atoms. The lowest BCUT2D eigenvalue weighted by molar-refractivity contribution is -0.0303. The molecule has 1 aliphatic heterocycles. The lowest BCUT2D eigenvalue weighted by Gasteiger charge is -2.33. The summed E-state index contributed by atoms with van der Waals surface area (Å²) in [5.41, 5.74) is 1.31. The molecule has 0 radical (unpaired) electrons. The third-order valence-corrected chi connectivity index (χ3v) is 5.26. The maximum absolute atomic E-state index is 6.01. The maximum Gasteiger partial charge on any atom is 0.131 e. The highest BCUT2D eigenvalue weighted by atomic mass is 16.5. The number of hydrogen-bond donors (Lipinski definition) is 2. The summed E-state index contributed by atoms with van der Waals surface area (Å²) in [6, 6.07) is 6.18. The highest BCUT2D eigenvalue weighted by molar-refractivity contribution is 5.46. The molecule has 170 valence electrons. The Labute approximate surface area is 185 Å². The van der Waals surface area contributed by atoms with Gasteiger partial charge in [-0.3, -0.25) is 4.90 Å². The van der Waals surface area contributed by atoms with E-state index in [2.05, 4.69) is 42.6 Å². The van der Waals surface area contributed by atoms with Gasteiger partial charge in [0.15, 0.2) is 0 Å². The van der Waals surface area contributed by atoms with Crippen molar-refractivity contribution in [2.24, 2.45) is 0 Å². The second kappa shape index (κ2) is 12.4. The number of anilines is 3. The van der Waals surface area contributed by atoms with E-state index in [9.17, 15) is 0 Å². The van der Waals surface area contributed by atoms with Crippen LogP contribution in [-0.4, -0.2) is 93.1 Å². The van der Waals surface area contributed by atoms with Gasteiger partial charge in [0.1, 0.15) is 23.8 Å². The molecular weight excluding hydrogens is 394 g/mol. The predicted octanol–water partition coefficient (Wildman–Crippen LogP) is 1.74. The maximum atomic E-state index is 6.01. The van der Waals surface area contributed by atoms with Gasteiger partial charge in [0.25, 0.3) is 0 Å². The summed E-state index contributed by atoms with van der Waals surface area (Å²) < 4.78 is 11.1.